The lowest BCUT2D eigenvalue weighted by Gasteiger charge is -2.23. The fraction of sp³-hybridized carbons (Fsp3) is 0.818. The van der Waals surface area contributed by atoms with Crippen LogP contribution in [-0.2, 0) is 14.3 Å². The standard InChI is InChI=1S/C11H21NO3/c1-5-12(9(3)4)8-10(13)7-11(14)15-6-2/h9H,5-8H2,1-4H3. The average molecular weight is 215 g/mol. The average Bonchev–Trinajstić information content (AvgIpc) is 2.13. The van der Waals surface area contributed by atoms with Crippen LogP contribution in [0.4, 0.5) is 0 Å². The smallest absolute Gasteiger partial charge is 0.313 e. The molecule has 0 N–H and O–H groups in total. The van der Waals surface area contributed by atoms with Crippen LogP contribution in [-0.4, -0.2) is 42.4 Å². The summed E-state index contributed by atoms with van der Waals surface area (Å²) in [6.45, 7) is 9.25. The number of hydrogen-bond donors (Lipinski definition) is 0. The van der Waals surface area contributed by atoms with E-state index in [1.807, 2.05) is 25.7 Å². The third-order valence-corrected chi connectivity index (χ3v) is 2.16. The van der Waals surface area contributed by atoms with Crippen LogP contribution in [0.5, 0.6) is 0 Å². The summed E-state index contributed by atoms with van der Waals surface area (Å²) in [5.41, 5.74) is 0. The second-order valence-electron chi connectivity index (χ2n) is 3.68. The zero-order valence-corrected chi connectivity index (χ0v) is 10.1. The third kappa shape index (κ3) is 6.23. The molecule has 88 valence electrons. The molecule has 0 heterocycles. The van der Waals surface area contributed by atoms with E-state index < -0.39 is 5.97 Å². The van der Waals surface area contributed by atoms with Gasteiger partial charge in [0.2, 0.25) is 0 Å². The fourth-order valence-corrected chi connectivity index (χ4v) is 1.31. The fourth-order valence-electron chi connectivity index (χ4n) is 1.31. The largest absolute Gasteiger partial charge is 0.466 e. The summed E-state index contributed by atoms with van der Waals surface area (Å²) in [6.07, 6.45) is -0.114. The van der Waals surface area contributed by atoms with Crippen LogP contribution in [0.1, 0.15) is 34.1 Å². The van der Waals surface area contributed by atoms with Crippen molar-refractivity contribution in [3.63, 3.8) is 0 Å². The van der Waals surface area contributed by atoms with E-state index in [-0.39, 0.29) is 12.2 Å². The van der Waals surface area contributed by atoms with Crippen molar-refractivity contribution in [2.24, 2.45) is 0 Å². The monoisotopic (exact) mass is 215 g/mol. The van der Waals surface area contributed by atoms with Gasteiger partial charge in [0, 0.05) is 6.04 Å². The highest BCUT2D eigenvalue weighted by molar-refractivity contribution is 5.96. The van der Waals surface area contributed by atoms with E-state index in [1.165, 1.54) is 0 Å². The molecule has 0 saturated carbocycles. The first-order valence-electron chi connectivity index (χ1n) is 5.42. The van der Waals surface area contributed by atoms with Crippen molar-refractivity contribution in [2.75, 3.05) is 19.7 Å². The van der Waals surface area contributed by atoms with Crippen molar-refractivity contribution in [3.05, 3.63) is 0 Å². The number of ether oxygens (including phenoxy) is 1. The van der Waals surface area contributed by atoms with Crippen molar-refractivity contribution in [3.8, 4) is 0 Å². The molecule has 0 spiro atoms. The quantitative estimate of drug-likeness (QED) is 0.473. The highest BCUT2D eigenvalue weighted by atomic mass is 16.5. The predicted octanol–water partition coefficient (Wildman–Crippen LogP) is 1.24. The van der Waals surface area contributed by atoms with Crippen LogP contribution < -0.4 is 0 Å². The molecule has 0 aliphatic heterocycles. The van der Waals surface area contributed by atoms with Crippen molar-refractivity contribution in [1.82, 2.24) is 4.90 Å². The lowest BCUT2D eigenvalue weighted by atomic mass is 10.2. The maximum Gasteiger partial charge on any atom is 0.313 e. The Labute approximate surface area is 91.6 Å². The van der Waals surface area contributed by atoms with Gasteiger partial charge in [0.05, 0.1) is 13.2 Å². The van der Waals surface area contributed by atoms with Gasteiger partial charge in [0.25, 0.3) is 0 Å². The number of esters is 1. The minimum absolute atomic E-state index is 0.0796. The number of nitrogens with zero attached hydrogens (tertiary/aromatic N) is 1. The van der Waals surface area contributed by atoms with Gasteiger partial charge in [-0.1, -0.05) is 6.92 Å². The van der Waals surface area contributed by atoms with Crippen molar-refractivity contribution in [1.29, 1.82) is 0 Å². The lowest BCUT2D eigenvalue weighted by molar-refractivity contribution is -0.145. The molecule has 4 nitrogen and oxygen atoms in total. The molecule has 0 rings (SSSR count). The highest BCUT2D eigenvalue weighted by Gasteiger charge is 2.15. The van der Waals surface area contributed by atoms with E-state index in [2.05, 4.69) is 0 Å². The summed E-state index contributed by atoms with van der Waals surface area (Å²) in [4.78, 5) is 24.5. The summed E-state index contributed by atoms with van der Waals surface area (Å²) >= 11 is 0. The third-order valence-electron chi connectivity index (χ3n) is 2.16. The summed E-state index contributed by atoms with van der Waals surface area (Å²) in [5, 5.41) is 0. The Morgan fingerprint density at radius 3 is 2.27 bits per heavy atom. The van der Waals surface area contributed by atoms with E-state index in [1.54, 1.807) is 6.92 Å². The van der Waals surface area contributed by atoms with Crippen molar-refractivity contribution < 1.29 is 14.3 Å². The number of carbonyl (C=O) groups is 2. The van der Waals surface area contributed by atoms with Gasteiger partial charge in [-0.15, -0.1) is 0 Å². The van der Waals surface area contributed by atoms with E-state index in [0.717, 1.165) is 6.54 Å². The van der Waals surface area contributed by atoms with Crippen LogP contribution in [0.25, 0.3) is 0 Å². The Balaban J connectivity index is 3.96. The van der Waals surface area contributed by atoms with Gasteiger partial charge in [-0.2, -0.15) is 0 Å². The number of hydrogen-bond acceptors (Lipinski definition) is 4. The van der Waals surface area contributed by atoms with E-state index in [0.29, 0.717) is 19.2 Å². The highest BCUT2D eigenvalue weighted by Crippen LogP contribution is 1.99. The Kier molecular flexibility index (Phi) is 6.96. The van der Waals surface area contributed by atoms with Gasteiger partial charge in [-0.05, 0) is 27.3 Å². The molecule has 0 atom stereocenters. The molecule has 0 aromatic heterocycles. The SMILES string of the molecule is CCOC(=O)CC(=O)CN(CC)C(C)C. The van der Waals surface area contributed by atoms with Crippen LogP contribution in [0.15, 0.2) is 0 Å². The molecule has 0 unspecified atom stereocenters. The van der Waals surface area contributed by atoms with Gasteiger partial charge in [0.15, 0.2) is 5.78 Å². The minimum atomic E-state index is -0.428. The normalized spacial score (nSPS) is 10.8. The number of likely N-dealkylation sites (N-methyl/N-ethyl adjacent to an activating group) is 1. The molecule has 0 bridgehead atoms. The molecule has 0 radical (unpaired) electrons. The number of Topliss-reactive ketones (excluding diaryl/α,β-unsaturated/α-hetero) is 1. The zero-order valence-electron chi connectivity index (χ0n) is 10.1. The van der Waals surface area contributed by atoms with Gasteiger partial charge in [0.1, 0.15) is 6.42 Å². The van der Waals surface area contributed by atoms with Crippen LogP contribution in [0, 0.1) is 0 Å². The Morgan fingerprint density at radius 2 is 1.87 bits per heavy atom. The van der Waals surface area contributed by atoms with Gasteiger partial charge in [-0.3, -0.25) is 14.5 Å². The summed E-state index contributed by atoms with van der Waals surface area (Å²) < 4.78 is 4.71. The maximum absolute atomic E-state index is 11.5. The second-order valence-corrected chi connectivity index (χ2v) is 3.68. The molecule has 0 aliphatic rings. The Hall–Kier alpha value is -0.900. The van der Waals surface area contributed by atoms with Gasteiger partial charge >= 0.3 is 5.97 Å². The first kappa shape index (κ1) is 14.1. The molecule has 4 heteroatoms. The zero-order chi connectivity index (χ0) is 11.8. The number of ketones is 1. The summed E-state index contributed by atoms with van der Waals surface area (Å²) in [5.74, 6) is -0.508. The summed E-state index contributed by atoms with van der Waals surface area (Å²) in [7, 11) is 0. The first-order chi connectivity index (χ1) is 7.01. The second kappa shape index (κ2) is 7.40. The molecule has 0 aliphatic carbocycles. The molecule has 0 aromatic rings. The first-order valence-corrected chi connectivity index (χ1v) is 5.42. The molecule has 0 fully saturated rings. The van der Waals surface area contributed by atoms with Crippen molar-refractivity contribution >= 4 is 11.8 Å². The van der Waals surface area contributed by atoms with Crippen LogP contribution in [0.3, 0.4) is 0 Å². The van der Waals surface area contributed by atoms with Crippen molar-refractivity contribution in [2.45, 2.75) is 40.2 Å². The van der Waals surface area contributed by atoms with Crippen LogP contribution >= 0.6 is 0 Å². The van der Waals surface area contributed by atoms with E-state index in [4.69, 9.17) is 4.74 Å². The van der Waals surface area contributed by atoms with E-state index in [9.17, 15) is 9.59 Å². The number of carbonyl (C=O) groups excluding carboxylic acids is 2. The molecule has 0 aromatic carbocycles. The molecular weight excluding hydrogens is 194 g/mol. The molecular formula is C11H21NO3. The molecule has 0 amide bonds. The molecule has 15 heavy (non-hydrogen) atoms. The van der Waals surface area contributed by atoms with Crippen LogP contribution in [0.2, 0.25) is 0 Å². The van der Waals surface area contributed by atoms with Gasteiger partial charge in [-0.25, -0.2) is 0 Å². The number of rotatable bonds is 7. The summed E-state index contributed by atoms with van der Waals surface area (Å²) in [6, 6.07) is 0.321. The topological polar surface area (TPSA) is 46.6 Å². The van der Waals surface area contributed by atoms with Gasteiger partial charge < -0.3 is 4.74 Å². The van der Waals surface area contributed by atoms with E-state index >= 15 is 0 Å². The predicted molar refractivity (Wildman–Crippen MR) is 58.6 cm³/mol. The molecule has 0 saturated heterocycles. The Bertz CT molecular complexity index is 214. The lowest BCUT2D eigenvalue weighted by Crippen LogP contribution is -2.36. The Morgan fingerprint density at radius 1 is 1.27 bits per heavy atom. The maximum atomic E-state index is 11.5. The minimum Gasteiger partial charge on any atom is -0.466 e.